The van der Waals surface area contributed by atoms with Gasteiger partial charge in [0.1, 0.15) is 5.82 Å². The van der Waals surface area contributed by atoms with Crippen molar-refractivity contribution in [2.45, 2.75) is 39.7 Å². The second-order valence-electron chi connectivity index (χ2n) is 5.38. The Kier molecular flexibility index (Phi) is 3.04. The number of nitrogens with zero attached hydrogens (tertiary/aromatic N) is 3. The predicted octanol–water partition coefficient (Wildman–Crippen LogP) is 2.48. The van der Waals surface area contributed by atoms with Crippen molar-refractivity contribution in [1.82, 2.24) is 15.0 Å². The largest absolute Gasteiger partial charge is 0.368 e. The van der Waals surface area contributed by atoms with Crippen molar-refractivity contribution in [1.29, 1.82) is 0 Å². The maximum atomic E-state index is 5.68. The zero-order valence-corrected chi connectivity index (χ0v) is 12.1. The molecule has 1 atom stereocenters. The van der Waals surface area contributed by atoms with E-state index >= 15 is 0 Å². The Morgan fingerprint density at radius 1 is 1.15 bits per heavy atom. The second-order valence-corrected chi connectivity index (χ2v) is 5.38. The normalized spacial score (nSPS) is 17.1. The maximum absolute atomic E-state index is 5.68. The lowest BCUT2D eigenvalue weighted by Crippen LogP contribution is -2.13. The van der Waals surface area contributed by atoms with Gasteiger partial charge in [0.15, 0.2) is 0 Å². The van der Waals surface area contributed by atoms with Crippen molar-refractivity contribution in [3.8, 4) is 0 Å². The number of benzene rings is 1. The molecule has 5 heteroatoms. The molecule has 0 saturated carbocycles. The molecule has 1 aliphatic rings. The molecule has 1 heterocycles. The number of nitrogens with one attached hydrogen (secondary N) is 1. The Morgan fingerprint density at radius 3 is 2.70 bits per heavy atom. The molecule has 3 rings (SSSR count). The number of fused-ring (bicyclic) bond motifs is 1. The van der Waals surface area contributed by atoms with Crippen LogP contribution in [0.2, 0.25) is 0 Å². The molecule has 20 heavy (non-hydrogen) atoms. The van der Waals surface area contributed by atoms with Gasteiger partial charge in [0.2, 0.25) is 11.9 Å². The van der Waals surface area contributed by atoms with Crippen molar-refractivity contribution in [2.24, 2.45) is 0 Å². The summed E-state index contributed by atoms with van der Waals surface area (Å²) in [5, 5.41) is 3.40. The smallest absolute Gasteiger partial charge is 0.228 e. The lowest BCUT2D eigenvalue weighted by molar-refractivity contribution is 0.744. The van der Waals surface area contributed by atoms with Crippen molar-refractivity contribution in [3.63, 3.8) is 0 Å². The van der Waals surface area contributed by atoms with Crippen LogP contribution in [-0.4, -0.2) is 15.0 Å². The summed E-state index contributed by atoms with van der Waals surface area (Å²) in [6.07, 6.45) is 2.15. The van der Waals surface area contributed by atoms with Crippen LogP contribution in [0.25, 0.3) is 0 Å². The topological polar surface area (TPSA) is 76.7 Å². The van der Waals surface area contributed by atoms with Crippen LogP contribution in [0.5, 0.6) is 0 Å². The zero-order valence-electron chi connectivity index (χ0n) is 12.1. The molecule has 0 unspecified atom stereocenters. The first-order valence-corrected chi connectivity index (χ1v) is 6.88. The Hall–Kier alpha value is -2.17. The van der Waals surface area contributed by atoms with E-state index in [0.29, 0.717) is 11.8 Å². The van der Waals surface area contributed by atoms with Gasteiger partial charge in [0, 0.05) is 0 Å². The molecule has 3 N–H and O–H groups in total. The highest BCUT2D eigenvalue weighted by Crippen LogP contribution is 2.36. The lowest BCUT2D eigenvalue weighted by Gasteiger charge is -2.17. The Balaban J connectivity index is 1.93. The van der Waals surface area contributed by atoms with E-state index in [4.69, 9.17) is 5.73 Å². The first-order valence-electron chi connectivity index (χ1n) is 6.88. The number of rotatable bonds is 2. The predicted molar refractivity (Wildman–Crippen MR) is 79.6 cm³/mol. The number of nitrogen functional groups attached to an aromatic ring is 1. The minimum absolute atomic E-state index is 0.256. The van der Waals surface area contributed by atoms with Gasteiger partial charge in [0.05, 0.1) is 6.04 Å². The summed E-state index contributed by atoms with van der Waals surface area (Å²) in [6, 6.07) is 4.68. The van der Waals surface area contributed by atoms with Crippen molar-refractivity contribution in [3.05, 3.63) is 40.2 Å². The average Bonchev–Trinajstić information content (AvgIpc) is 2.76. The van der Waals surface area contributed by atoms with Gasteiger partial charge in [-0.2, -0.15) is 15.0 Å². The van der Waals surface area contributed by atoms with Crippen LogP contribution in [0.4, 0.5) is 11.9 Å². The highest BCUT2D eigenvalue weighted by atomic mass is 15.2. The number of nitrogens with two attached hydrogens (primary N) is 1. The molecule has 0 bridgehead atoms. The Morgan fingerprint density at radius 2 is 1.95 bits per heavy atom. The fourth-order valence-electron chi connectivity index (χ4n) is 2.91. The first-order chi connectivity index (χ1) is 9.54. The zero-order chi connectivity index (χ0) is 14.3. The molecular formula is C15H19N5. The fraction of sp³-hybridized carbons (Fsp3) is 0.400. The highest BCUT2D eigenvalue weighted by Gasteiger charge is 2.25. The van der Waals surface area contributed by atoms with Gasteiger partial charge >= 0.3 is 0 Å². The SMILES string of the molecule is Cc1nc(N)nc(N[C@@H]2CCc3ccc(C)c(C)c32)n1. The van der Waals surface area contributed by atoms with Gasteiger partial charge < -0.3 is 11.1 Å². The minimum atomic E-state index is 0.256. The van der Waals surface area contributed by atoms with Crippen LogP contribution in [0.15, 0.2) is 12.1 Å². The fourth-order valence-corrected chi connectivity index (χ4v) is 2.91. The van der Waals surface area contributed by atoms with Crippen LogP contribution in [0, 0.1) is 20.8 Å². The molecule has 5 nitrogen and oxygen atoms in total. The van der Waals surface area contributed by atoms with Crippen LogP contribution in [0.3, 0.4) is 0 Å². The molecule has 0 aliphatic heterocycles. The van der Waals surface area contributed by atoms with Gasteiger partial charge in [-0.05, 0) is 55.9 Å². The van der Waals surface area contributed by atoms with Crippen molar-refractivity contribution >= 4 is 11.9 Å². The summed E-state index contributed by atoms with van der Waals surface area (Å²) in [7, 11) is 0. The summed E-state index contributed by atoms with van der Waals surface area (Å²) in [4.78, 5) is 12.5. The standard InChI is InChI=1S/C15H19N5/c1-8-4-5-11-6-7-12(13(11)9(8)2)19-15-18-10(3)17-14(16)20-15/h4-5,12H,6-7H2,1-3H3,(H3,16,17,18,19,20)/t12-/m1/s1. The van der Waals surface area contributed by atoms with E-state index in [9.17, 15) is 0 Å². The molecule has 0 amide bonds. The first kappa shape index (κ1) is 12.8. The third-order valence-corrected chi connectivity index (χ3v) is 3.99. The van der Waals surface area contributed by atoms with E-state index in [0.717, 1.165) is 12.8 Å². The summed E-state index contributed by atoms with van der Waals surface area (Å²) < 4.78 is 0. The lowest BCUT2D eigenvalue weighted by atomic mass is 9.98. The molecule has 1 aromatic heterocycles. The molecular weight excluding hydrogens is 250 g/mol. The summed E-state index contributed by atoms with van der Waals surface area (Å²) in [6.45, 7) is 6.15. The highest BCUT2D eigenvalue weighted by molar-refractivity contribution is 5.48. The number of aromatic nitrogens is 3. The maximum Gasteiger partial charge on any atom is 0.228 e. The van der Waals surface area contributed by atoms with E-state index in [1.807, 2.05) is 6.92 Å². The van der Waals surface area contributed by atoms with E-state index in [2.05, 4.69) is 46.2 Å². The molecule has 1 aromatic carbocycles. The Labute approximate surface area is 118 Å². The van der Waals surface area contributed by atoms with Crippen LogP contribution in [0.1, 0.15) is 40.5 Å². The van der Waals surface area contributed by atoms with Crippen LogP contribution < -0.4 is 11.1 Å². The van der Waals surface area contributed by atoms with E-state index in [-0.39, 0.29) is 12.0 Å². The van der Waals surface area contributed by atoms with Crippen molar-refractivity contribution < 1.29 is 0 Å². The van der Waals surface area contributed by atoms with Crippen molar-refractivity contribution in [2.75, 3.05) is 11.1 Å². The molecule has 1 aliphatic carbocycles. The third kappa shape index (κ3) is 2.19. The monoisotopic (exact) mass is 269 g/mol. The number of hydrogen-bond donors (Lipinski definition) is 2. The summed E-state index contributed by atoms with van der Waals surface area (Å²) in [5.41, 5.74) is 11.2. The Bertz CT molecular complexity index is 645. The van der Waals surface area contributed by atoms with E-state index in [1.165, 1.54) is 22.3 Å². The van der Waals surface area contributed by atoms with Gasteiger partial charge in [-0.15, -0.1) is 0 Å². The second kappa shape index (κ2) is 4.74. The van der Waals surface area contributed by atoms with Crippen LogP contribution >= 0.6 is 0 Å². The average molecular weight is 269 g/mol. The van der Waals surface area contributed by atoms with E-state index in [1.54, 1.807) is 0 Å². The van der Waals surface area contributed by atoms with Gasteiger partial charge in [-0.1, -0.05) is 12.1 Å². The number of aryl methyl sites for hydroxylation is 3. The van der Waals surface area contributed by atoms with Crippen LogP contribution in [-0.2, 0) is 6.42 Å². The molecule has 0 saturated heterocycles. The molecule has 2 aromatic rings. The quantitative estimate of drug-likeness (QED) is 0.875. The van der Waals surface area contributed by atoms with Gasteiger partial charge in [-0.3, -0.25) is 0 Å². The molecule has 104 valence electrons. The molecule has 0 spiro atoms. The minimum Gasteiger partial charge on any atom is -0.368 e. The number of hydrogen-bond acceptors (Lipinski definition) is 5. The summed E-state index contributed by atoms with van der Waals surface area (Å²) >= 11 is 0. The van der Waals surface area contributed by atoms with Gasteiger partial charge in [0.25, 0.3) is 0 Å². The number of anilines is 2. The summed E-state index contributed by atoms with van der Waals surface area (Å²) in [5.74, 6) is 1.46. The molecule has 0 radical (unpaired) electrons. The molecule has 0 fully saturated rings. The van der Waals surface area contributed by atoms with E-state index < -0.39 is 0 Å². The van der Waals surface area contributed by atoms with Gasteiger partial charge in [-0.25, -0.2) is 0 Å². The third-order valence-electron chi connectivity index (χ3n) is 3.99.